The number of unbranched alkanes of at least 4 members (excludes halogenated alkanes) is 5. The van der Waals surface area contributed by atoms with Crippen molar-refractivity contribution in [3.8, 4) is 0 Å². The van der Waals surface area contributed by atoms with Gasteiger partial charge >= 0.3 is 11.9 Å². The zero-order valence-electron chi connectivity index (χ0n) is 16.2. The minimum Gasteiger partial charge on any atom is -0.481 e. The second-order valence-electron chi connectivity index (χ2n) is 7.18. The lowest BCUT2D eigenvalue weighted by molar-refractivity contribution is -0.158. The fourth-order valence-corrected chi connectivity index (χ4v) is 3.67. The van der Waals surface area contributed by atoms with Crippen molar-refractivity contribution in [2.45, 2.75) is 97.8 Å². The van der Waals surface area contributed by atoms with Crippen LogP contribution in [0.4, 0.5) is 0 Å². The van der Waals surface area contributed by atoms with Crippen LogP contribution < -0.4 is 0 Å². The summed E-state index contributed by atoms with van der Waals surface area (Å²) in [5, 5.41) is 18.6. The quantitative estimate of drug-likeness (QED) is 0.377. The van der Waals surface area contributed by atoms with E-state index in [2.05, 4.69) is 0 Å². The van der Waals surface area contributed by atoms with E-state index < -0.39 is 23.3 Å². The lowest BCUT2D eigenvalue weighted by Crippen LogP contribution is -2.42. The van der Waals surface area contributed by atoms with Crippen molar-refractivity contribution >= 4 is 17.7 Å². The molecule has 0 saturated carbocycles. The number of Topliss-reactive ketones (excluding diaryl/α,β-unsaturated/α-hetero) is 1. The lowest BCUT2D eigenvalue weighted by atomic mass is 9.65. The van der Waals surface area contributed by atoms with Crippen molar-refractivity contribution in [2.24, 2.45) is 11.3 Å². The Kier molecular flexibility index (Phi) is 12.2. The zero-order chi connectivity index (χ0) is 19.3. The molecule has 5 nitrogen and oxygen atoms in total. The number of carbonyl (C=O) groups is 3. The van der Waals surface area contributed by atoms with Crippen LogP contribution in [0.5, 0.6) is 0 Å². The Morgan fingerprint density at radius 3 is 1.76 bits per heavy atom. The molecule has 2 N–H and O–H groups in total. The summed E-state index contributed by atoms with van der Waals surface area (Å²) in [6.45, 7) is 5.60. The van der Waals surface area contributed by atoms with Crippen molar-refractivity contribution in [1.82, 2.24) is 0 Å². The number of hydrogen-bond donors (Lipinski definition) is 2. The molecule has 0 heterocycles. The molecule has 0 saturated heterocycles. The van der Waals surface area contributed by atoms with Crippen LogP contribution in [0.2, 0.25) is 0 Å². The van der Waals surface area contributed by atoms with Gasteiger partial charge in [0.25, 0.3) is 0 Å². The third-order valence-electron chi connectivity index (χ3n) is 5.17. The predicted molar refractivity (Wildman–Crippen MR) is 98.6 cm³/mol. The van der Waals surface area contributed by atoms with E-state index in [-0.39, 0.29) is 12.2 Å². The van der Waals surface area contributed by atoms with E-state index in [4.69, 9.17) is 5.11 Å². The summed E-state index contributed by atoms with van der Waals surface area (Å²) in [7, 11) is 0. The molecule has 25 heavy (non-hydrogen) atoms. The molecule has 0 aromatic rings. The first kappa shape index (κ1) is 23.6. The lowest BCUT2D eigenvalue weighted by Gasteiger charge is -2.36. The second kappa shape index (κ2) is 12.9. The molecule has 5 heteroatoms. The Morgan fingerprint density at radius 2 is 1.36 bits per heavy atom. The van der Waals surface area contributed by atoms with Gasteiger partial charge in [-0.3, -0.25) is 14.4 Å². The van der Waals surface area contributed by atoms with Crippen molar-refractivity contribution in [3.63, 3.8) is 0 Å². The standard InChI is InChI=1S/C20H36O5/c1-4-6-14-20(19(24)25,15-7-5-2)17(16(3)21)12-10-8-9-11-13-18(22)23/h17H,4-15H2,1-3H3,(H,22,23)(H,24,25). The van der Waals surface area contributed by atoms with Crippen LogP contribution in [0.25, 0.3) is 0 Å². The maximum absolute atomic E-state index is 12.3. The summed E-state index contributed by atoms with van der Waals surface area (Å²) in [5.41, 5.74) is -0.946. The van der Waals surface area contributed by atoms with Crippen LogP contribution in [0.3, 0.4) is 0 Å². The Bertz CT molecular complexity index is 408. The normalized spacial score (nSPS) is 12.8. The number of carboxylic acids is 2. The summed E-state index contributed by atoms with van der Waals surface area (Å²) >= 11 is 0. The minimum absolute atomic E-state index is 0.0276. The molecular formula is C20H36O5. The molecule has 0 aliphatic rings. The van der Waals surface area contributed by atoms with Gasteiger partial charge in [-0.15, -0.1) is 0 Å². The SMILES string of the molecule is CCCCC(CCCC)(C(=O)O)C(CCCCCCC(=O)O)C(C)=O. The van der Waals surface area contributed by atoms with Gasteiger partial charge in [0.15, 0.2) is 0 Å². The number of aliphatic carboxylic acids is 2. The van der Waals surface area contributed by atoms with Gasteiger partial charge in [0.05, 0.1) is 5.41 Å². The maximum Gasteiger partial charge on any atom is 0.310 e. The third-order valence-corrected chi connectivity index (χ3v) is 5.17. The summed E-state index contributed by atoms with van der Waals surface area (Å²) in [6, 6.07) is 0. The van der Waals surface area contributed by atoms with E-state index in [9.17, 15) is 19.5 Å². The van der Waals surface area contributed by atoms with E-state index >= 15 is 0 Å². The molecule has 0 bridgehead atoms. The molecular weight excluding hydrogens is 320 g/mol. The first-order valence-corrected chi connectivity index (χ1v) is 9.77. The first-order valence-electron chi connectivity index (χ1n) is 9.77. The predicted octanol–water partition coefficient (Wildman–Crippen LogP) is 5.07. The molecule has 0 aliphatic heterocycles. The maximum atomic E-state index is 12.3. The summed E-state index contributed by atoms with van der Waals surface area (Å²) in [4.78, 5) is 35.0. The molecule has 0 spiro atoms. The van der Waals surface area contributed by atoms with E-state index in [1.807, 2.05) is 13.8 Å². The van der Waals surface area contributed by atoms with E-state index in [0.29, 0.717) is 25.7 Å². The molecule has 146 valence electrons. The number of rotatable bonds is 16. The molecule has 1 unspecified atom stereocenters. The highest BCUT2D eigenvalue weighted by Crippen LogP contribution is 2.42. The summed E-state index contributed by atoms with van der Waals surface area (Å²) in [5.74, 6) is -2.09. The van der Waals surface area contributed by atoms with Gasteiger partial charge in [0.2, 0.25) is 0 Å². The Balaban J connectivity index is 4.97. The van der Waals surface area contributed by atoms with Crippen LogP contribution in [0.1, 0.15) is 97.8 Å². The highest BCUT2D eigenvalue weighted by Gasteiger charge is 2.46. The van der Waals surface area contributed by atoms with Gasteiger partial charge in [-0.2, -0.15) is 0 Å². The number of ketones is 1. The van der Waals surface area contributed by atoms with Gasteiger partial charge in [-0.25, -0.2) is 0 Å². The highest BCUT2D eigenvalue weighted by molar-refractivity contribution is 5.87. The monoisotopic (exact) mass is 356 g/mol. The molecule has 0 aromatic carbocycles. The largest absolute Gasteiger partial charge is 0.481 e. The average molecular weight is 357 g/mol. The van der Waals surface area contributed by atoms with Crippen LogP contribution >= 0.6 is 0 Å². The van der Waals surface area contributed by atoms with Crippen LogP contribution in [0, 0.1) is 11.3 Å². The van der Waals surface area contributed by atoms with Crippen molar-refractivity contribution in [2.75, 3.05) is 0 Å². The average Bonchev–Trinajstić information content (AvgIpc) is 2.54. The fourth-order valence-electron chi connectivity index (χ4n) is 3.67. The van der Waals surface area contributed by atoms with Gasteiger partial charge in [0.1, 0.15) is 5.78 Å². The molecule has 0 aliphatic carbocycles. The molecule has 1 atom stereocenters. The Morgan fingerprint density at radius 1 is 0.840 bits per heavy atom. The molecule has 0 amide bonds. The smallest absolute Gasteiger partial charge is 0.310 e. The van der Waals surface area contributed by atoms with Gasteiger partial charge < -0.3 is 10.2 Å². The van der Waals surface area contributed by atoms with Gasteiger partial charge in [0, 0.05) is 12.3 Å². The summed E-state index contributed by atoms with van der Waals surface area (Å²) < 4.78 is 0. The Labute approximate surface area is 152 Å². The van der Waals surface area contributed by atoms with Gasteiger partial charge in [-0.05, 0) is 32.6 Å². The number of carbonyl (C=O) groups excluding carboxylic acids is 1. The van der Waals surface area contributed by atoms with Crippen LogP contribution in [-0.4, -0.2) is 27.9 Å². The fraction of sp³-hybridized carbons (Fsp3) is 0.850. The topological polar surface area (TPSA) is 91.7 Å². The number of carboxylic acid groups (broad SMARTS) is 2. The number of hydrogen-bond acceptors (Lipinski definition) is 3. The molecule has 0 aromatic heterocycles. The first-order chi connectivity index (χ1) is 11.8. The molecule has 0 rings (SSSR count). The minimum atomic E-state index is -0.946. The zero-order valence-corrected chi connectivity index (χ0v) is 16.2. The second-order valence-corrected chi connectivity index (χ2v) is 7.18. The van der Waals surface area contributed by atoms with Crippen molar-refractivity contribution in [1.29, 1.82) is 0 Å². The molecule has 0 radical (unpaired) electrons. The van der Waals surface area contributed by atoms with Gasteiger partial charge in [-0.1, -0.05) is 58.8 Å². The highest BCUT2D eigenvalue weighted by atomic mass is 16.4. The Hall–Kier alpha value is -1.39. The van der Waals surface area contributed by atoms with Crippen LogP contribution in [0.15, 0.2) is 0 Å². The van der Waals surface area contributed by atoms with Crippen molar-refractivity contribution in [3.05, 3.63) is 0 Å². The van der Waals surface area contributed by atoms with E-state index in [1.54, 1.807) is 0 Å². The van der Waals surface area contributed by atoms with Crippen molar-refractivity contribution < 1.29 is 24.6 Å². The molecule has 0 fully saturated rings. The van der Waals surface area contributed by atoms with E-state index in [1.165, 1.54) is 6.92 Å². The van der Waals surface area contributed by atoms with E-state index in [0.717, 1.165) is 44.9 Å². The third kappa shape index (κ3) is 8.50. The summed E-state index contributed by atoms with van der Waals surface area (Å²) in [6.07, 6.45) is 8.40. The van der Waals surface area contributed by atoms with Crippen LogP contribution in [-0.2, 0) is 14.4 Å².